The molecule has 0 aliphatic rings. The van der Waals surface area contributed by atoms with E-state index >= 15 is 0 Å². The molecule has 7 nitrogen and oxygen atoms in total. The molecule has 3 aromatic rings. The van der Waals surface area contributed by atoms with E-state index < -0.39 is 46.2 Å². The Bertz CT molecular complexity index is 1420. The van der Waals surface area contributed by atoms with E-state index in [1.807, 2.05) is 0 Å². The van der Waals surface area contributed by atoms with Crippen LogP contribution in [0.5, 0.6) is 5.75 Å². The number of anilines is 1. The largest absolute Gasteiger partial charge is 0.573 e. The first-order valence-electron chi connectivity index (χ1n) is 10.3. The third kappa shape index (κ3) is 7.37. The summed E-state index contributed by atoms with van der Waals surface area (Å²) in [5.41, 5.74) is 0.294. The molecule has 3 aromatic carbocycles. The summed E-state index contributed by atoms with van der Waals surface area (Å²) in [6.07, 6.45) is -4.55. The van der Waals surface area contributed by atoms with Crippen LogP contribution >= 0.6 is 23.2 Å². The van der Waals surface area contributed by atoms with Crippen LogP contribution in [0.4, 0.5) is 18.9 Å². The Labute approximate surface area is 219 Å². The summed E-state index contributed by atoms with van der Waals surface area (Å²) in [5.74, 6) is -3.77. The molecule has 0 aromatic heterocycles. The van der Waals surface area contributed by atoms with Gasteiger partial charge in [-0.2, -0.15) is 0 Å². The summed E-state index contributed by atoms with van der Waals surface area (Å²) in [6.45, 7) is 0. The van der Waals surface area contributed by atoms with Crippen molar-refractivity contribution in [1.82, 2.24) is 0 Å². The topological polar surface area (TPSA) is 110 Å². The van der Waals surface area contributed by atoms with Gasteiger partial charge in [0.15, 0.2) is 9.84 Å². The van der Waals surface area contributed by atoms with E-state index in [-0.39, 0.29) is 37.3 Å². The number of carboxylic acids is 1. The lowest BCUT2D eigenvalue weighted by atomic mass is 9.94. The van der Waals surface area contributed by atoms with Crippen molar-refractivity contribution < 1.29 is 41.0 Å². The van der Waals surface area contributed by atoms with Gasteiger partial charge < -0.3 is 15.2 Å². The first kappa shape index (κ1) is 28.3. The lowest BCUT2D eigenvalue weighted by Gasteiger charge is -2.18. The minimum absolute atomic E-state index is 0.00494. The number of amides is 1. The number of para-hydroxylation sites is 1. The van der Waals surface area contributed by atoms with Gasteiger partial charge in [-0.1, -0.05) is 53.5 Å². The van der Waals surface area contributed by atoms with Crippen LogP contribution in [0.25, 0.3) is 11.1 Å². The van der Waals surface area contributed by atoms with E-state index in [1.165, 1.54) is 54.6 Å². The van der Waals surface area contributed by atoms with E-state index in [9.17, 15) is 36.3 Å². The van der Waals surface area contributed by atoms with E-state index in [2.05, 4.69) is 10.1 Å². The quantitative estimate of drug-likeness (QED) is 0.333. The fraction of sp³-hybridized carbons (Fsp3) is 0.167. The Morgan fingerprint density at radius 1 is 1.03 bits per heavy atom. The number of halogens is 5. The molecule has 0 saturated carbocycles. The van der Waals surface area contributed by atoms with Crippen molar-refractivity contribution in [3.05, 3.63) is 76.3 Å². The predicted octanol–water partition coefficient (Wildman–Crippen LogP) is 6.16. The Hall–Kier alpha value is -3.28. The van der Waals surface area contributed by atoms with Crippen LogP contribution in [-0.4, -0.2) is 38.0 Å². The van der Waals surface area contributed by atoms with Gasteiger partial charge in [0.1, 0.15) is 5.75 Å². The van der Waals surface area contributed by atoms with Crippen LogP contribution in [0.3, 0.4) is 0 Å². The lowest BCUT2D eigenvalue weighted by Crippen LogP contribution is -2.23. The molecular weight excluding hydrogens is 558 g/mol. The summed E-state index contributed by atoms with van der Waals surface area (Å²) in [7, 11) is -3.50. The fourth-order valence-corrected chi connectivity index (χ4v) is 4.82. The first-order chi connectivity index (χ1) is 17.2. The molecule has 13 heteroatoms. The van der Waals surface area contributed by atoms with Crippen LogP contribution in [0.1, 0.15) is 17.9 Å². The van der Waals surface area contributed by atoms with Crippen molar-refractivity contribution in [1.29, 1.82) is 0 Å². The average Bonchev–Trinajstić information content (AvgIpc) is 2.76. The number of carbonyl (C=O) groups is 2. The molecule has 0 fully saturated rings. The first-order valence-corrected chi connectivity index (χ1v) is 13.0. The standard InChI is InChI=1S/C24H18Cl2F3NO6S/c1-37(34,35)15-8-6-13(7-9-15)17(12-21(31)32)23(33)30-14-10-18(25)22(19(26)11-14)16-4-2-3-5-20(16)36-24(27,28)29/h2-11,17H,12H2,1H3,(H,30,33)(H,31,32). The van der Waals surface area contributed by atoms with Gasteiger partial charge in [-0.05, 0) is 35.9 Å². The zero-order valence-corrected chi connectivity index (χ0v) is 21.2. The molecule has 0 radical (unpaired) electrons. The number of hydrogen-bond donors (Lipinski definition) is 2. The molecule has 0 saturated heterocycles. The third-order valence-electron chi connectivity index (χ3n) is 5.10. The number of rotatable bonds is 8. The summed E-state index contributed by atoms with van der Waals surface area (Å²) >= 11 is 12.6. The fourth-order valence-electron chi connectivity index (χ4n) is 3.50. The van der Waals surface area contributed by atoms with Crippen molar-refractivity contribution in [2.75, 3.05) is 11.6 Å². The second-order valence-corrected chi connectivity index (χ2v) is 10.7. The highest BCUT2D eigenvalue weighted by molar-refractivity contribution is 7.90. The van der Waals surface area contributed by atoms with E-state index in [4.69, 9.17) is 23.2 Å². The smallest absolute Gasteiger partial charge is 0.481 e. The van der Waals surface area contributed by atoms with Crippen LogP contribution in [0, 0.1) is 0 Å². The number of carboxylic acid groups (broad SMARTS) is 1. The second kappa shape index (κ2) is 11.0. The molecule has 1 amide bonds. The third-order valence-corrected chi connectivity index (χ3v) is 6.82. The average molecular weight is 576 g/mol. The number of alkyl halides is 3. The van der Waals surface area contributed by atoms with Crippen molar-refractivity contribution in [3.8, 4) is 16.9 Å². The maximum Gasteiger partial charge on any atom is 0.573 e. The maximum atomic E-state index is 13.0. The molecule has 37 heavy (non-hydrogen) atoms. The highest BCUT2D eigenvalue weighted by Crippen LogP contribution is 2.43. The number of benzene rings is 3. The molecule has 0 spiro atoms. The van der Waals surface area contributed by atoms with Crippen molar-refractivity contribution in [2.24, 2.45) is 0 Å². The number of aliphatic carboxylic acids is 1. The molecule has 1 unspecified atom stereocenters. The van der Waals surface area contributed by atoms with Gasteiger partial charge in [-0.3, -0.25) is 9.59 Å². The van der Waals surface area contributed by atoms with Crippen LogP contribution in [0.2, 0.25) is 10.0 Å². The summed E-state index contributed by atoms with van der Waals surface area (Å²) < 4.78 is 65.9. The van der Waals surface area contributed by atoms with Gasteiger partial charge in [0, 0.05) is 23.1 Å². The molecule has 3 rings (SSSR count). The van der Waals surface area contributed by atoms with Crippen molar-refractivity contribution in [2.45, 2.75) is 23.6 Å². The van der Waals surface area contributed by atoms with Crippen molar-refractivity contribution in [3.63, 3.8) is 0 Å². The van der Waals surface area contributed by atoms with E-state index in [1.54, 1.807) is 0 Å². The van der Waals surface area contributed by atoms with Gasteiger partial charge in [0.2, 0.25) is 5.91 Å². The second-order valence-electron chi connectivity index (χ2n) is 7.84. The molecule has 0 bridgehead atoms. The van der Waals surface area contributed by atoms with Gasteiger partial charge in [-0.15, -0.1) is 13.2 Å². The molecule has 196 valence electrons. The zero-order chi connectivity index (χ0) is 27.5. The minimum Gasteiger partial charge on any atom is -0.481 e. The lowest BCUT2D eigenvalue weighted by molar-refractivity contribution is -0.274. The number of nitrogens with one attached hydrogen (secondary N) is 1. The van der Waals surface area contributed by atoms with Crippen LogP contribution in [0.15, 0.2) is 65.6 Å². The number of hydrogen-bond acceptors (Lipinski definition) is 5. The van der Waals surface area contributed by atoms with Gasteiger partial charge in [0.25, 0.3) is 0 Å². The maximum absolute atomic E-state index is 13.0. The predicted molar refractivity (Wildman–Crippen MR) is 132 cm³/mol. The van der Waals surface area contributed by atoms with E-state index in [0.29, 0.717) is 0 Å². The normalized spacial score (nSPS) is 12.6. The Morgan fingerprint density at radius 3 is 2.11 bits per heavy atom. The van der Waals surface area contributed by atoms with Gasteiger partial charge in [0.05, 0.1) is 27.3 Å². The van der Waals surface area contributed by atoms with Crippen LogP contribution in [-0.2, 0) is 19.4 Å². The summed E-state index contributed by atoms with van der Waals surface area (Å²) in [4.78, 5) is 24.4. The summed E-state index contributed by atoms with van der Waals surface area (Å²) in [5, 5.41) is 11.6. The van der Waals surface area contributed by atoms with Gasteiger partial charge >= 0.3 is 12.3 Å². The Morgan fingerprint density at radius 2 is 1.59 bits per heavy atom. The van der Waals surface area contributed by atoms with Gasteiger partial charge in [-0.25, -0.2) is 8.42 Å². The van der Waals surface area contributed by atoms with Crippen LogP contribution < -0.4 is 10.1 Å². The molecule has 0 aliphatic carbocycles. The molecule has 0 aliphatic heterocycles. The molecular formula is C24H18Cl2F3NO6S. The highest BCUT2D eigenvalue weighted by atomic mass is 35.5. The molecule has 1 atom stereocenters. The molecule has 2 N–H and O–H groups in total. The van der Waals surface area contributed by atoms with Crippen molar-refractivity contribution >= 4 is 50.6 Å². The Kier molecular flexibility index (Phi) is 8.41. The number of sulfone groups is 1. The number of carbonyl (C=O) groups excluding carboxylic acids is 1. The molecule has 0 heterocycles. The van der Waals surface area contributed by atoms with E-state index in [0.717, 1.165) is 12.3 Å². The minimum atomic E-state index is -4.96. The highest BCUT2D eigenvalue weighted by Gasteiger charge is 2.33. The monoisotopic (exact) mass is 575 g/mol. The number of ether oxygens (including phenoxy) is 1. The Balaban J connectivity index is 1.93. The summed E-state index contributed by atoms with van der Waals surface area (Å²) in [6, 6.07) is 12.9. The zero-order valence-electron chi connectivity index (χ0n) is 18.8. The SMILES string of the molecule is CS(=O)(=O)c1ccc(C(CC(=O)O)C(=O)Nc2cc(Cl)c(-c3ccccc3OC(F)(F)F)c(Cl)c2)cc1.